The highest BCUT2D eigenvalue weighted by atomic mass is 32.2. The van der Waals surface area contributed by atoms with Gasteiger partial charge in [-0.15, -0.1) is 11.3 Å². The van der Waals surface area contributed by atoms with Crippen LogP contribution in [0.4, 0.5) is 5.00 Å². The van der Waals surface area contributed by atoms with Gasteiger partial charge in [-0.05, 0) is 55.3 Å². The highest BCUT2D eigenvalue weighted by molar-refractivity contribution is 7.90. The third kappa shape index (κ3) is 5.98. The first-order valence-corrected chi connectivity index (χ1v) is 12.5. The van der Waals surface area contributed by atoms with Gasteiger partial charge in [-0.3, -0.25) is 9.59 Å². The van der Waals surface area contributed by atoms with Crippen LogP contribution in [0.25, 0.3) is 0 Å². The lowest BCUT2D eigenvalue weighted by Crippen LogP contribution is -2.28. The molecule has 0 radical (unpaired) electrons. The van der Waals surface area contributed by atoms with E-state index >= 15 is 0 Å². The molecule has 0 unspecified atom stereocenters. The summed E-state index contributed by atoms with van der Waals surface area (Å²) < 4.78 is 34.0. The maximum Gasteiger partial charge on any atom is 0.291 e. The third-order valence-electron chi connectivity index (χ3n) is 4.58. The predicted molar refractivity (Wildman–Crippen MR) is 122 cm³/mol. The van der Waals surface area contributed by atoms with Crippen molar-refractivity contribution >= 4 is 38.0 Å². The van der Waals surface area contributed by atoms with Gasteiger partial charge in [0.15, 0.2) is 15.6 Å². The lowest BCUT2D eigenvalue weighted by molar-refractivity contribution is 0.0791. The summed E-state index contributed by atoms with van der Waals surface area (Å²) in [6.45, 7) is 2.60. The van der Waals surface area contributed by atoms with Gasteiger partial charge in [-0.2, -0.15) is 0 Å². The Morgan fingerprint density at radius 2 is 1.97 bits per heavy atom. The molecule has 1 N–H and O–H groups in total. The lowest BCUT2D eigenvalue weighted by atomic mass is 10.2. The largest absolute Gasteiger partial charge is 0.493 e. The zero-order valence-corrected chi connectivity index (χ0v) is 19.6. The number of carbonyl (C=O) groups excluding carboxylic acids is 2. The molecule has 0 aliphatic rings. The van der Waals surface area contributed by atoms with Crippen LogP contribution < -0.4 is 10.1 Å². The van der Waals surface area contributed by atoms with Crippen molar-refractivity contribution in [2.45, 2.75) is 18.2 Å². The van der Waals surface area contributed by atoms with Gasteiger partial charge >= 0.3 is 0 Å². The van der Waals surface area contributed by atoms with E-state index in [1.807, 2.05) is 6.92 Å². The van der Waals surface area contributed by atoms with Gasteiger partial charge in [0.25, 0.3) is 11.8 Å². The smallest absolute Gasteiger partial charge is 0.291 e. The summed E-state index contributed by atoms with van der Waals surface area (Å²) in [6, 6.07) is 11.3. The Balaban J connectivity index is 1.51. The van der Waals surface area contributed by atoms with E-state index < -0.39 is 9.84 Å². The summed E-state index contributed by atoms with van der Waals surface area (Å²) in [4.78, 5) is 27.3. The van der Waals surface area contributed by atoms with E-state index in [1.165, 1.54) is 29.7 Å². The first-order chi connectivity index (χ1) is 15.1. The molecule has 8 nitrogen and oxygen atoms in total. The summed E-state index contributed by atoms with van der Waals surface area (Å²) in [5.41, 5.74) is 0.774. The second kappa shape index (κ2) is 10.0. The molecule has 170 valence electrons. The van der Waals surface area contributed by atoms with Gasteiger partial charge in [0.1, 0.15) is 5.75 Å². The Kier molecular flexibility index (Phi) is 7.37. The van der Waals surface area contributed by atoms with Crippen molar-refractivity contribution in [2.75, 3.05) is 31.8 Å². The molecule has 10 heteroatoms. The number of anilines is 1. The predicted octanol–water partition coefficient (Wildman–Crippen LogP) is 3.85. The number of carbonyl (C=O) groups is 2. The number of furan rings is 1. The van der Waals surface area contributed by atoms with Gasteiger partial charge in [-0.1, -0.05) is 6.07 Å². The zero-order chi connectivity index (χ0) is 23.3. The van der Waals surface area contributed by atoms with Gasteiger partial charge in [0.05, 0.1) is 27.6 Å². The molecule has 0 atom stereocenters. The quantitative estimate of drug-likeness (QED) is 0.470. The SMILES string of the molecule is Cc1cc(NC(=O)c2ccco2)sc1C(=O)N(C)CCCOc1cccc(S(C)(=O)=O)c1. The van der Waals surface area contributed by atoms with E-state index in [1.54, 1.807) is 42.3 Å². The number of amides is 2. The van der Waals surface area contributed by atoms with Crippen LogP contribution in [0.15, 0.2) is 58.0 Å². The first-order valence-electron chi connectivity index (χ1n) is 9.79. The fraction of sp³-hybridized carbons (Fsp3) is 0.273. The molecule has 1 aromatic carbocycles. The first kappa shape index (κ1) is 23.6. The fourth-order valence-electron chi connectivity index (χ4n) is 2.90. The van der Waals surface area contributed by atoms with E-state index in [4.69, 9.17) is 9.15 Å². The van der Waals surface area contributed by atoms with Gasteiger partial charge in [-0.25, -0.2) is 8.42 Å². The van der Waals surface area contributed by atoms with Crippen molar-refractivity contribution in [1.29, 1.82) is 0 Å². The number of rotatable bonds is 9. The van der Waals surface area contributed by atoms with Crippen LogP contribution in [0, 0.1) is 6.92 Å². The van der Waals surface area contributed by atoms with E-state index in [2.05, 4.69) is 5.32 Å². The Morgan fingerprint density at radius 3 is 2.66 bits per heavy atom. The molecular formula is C22H24N2O6S2. The molecule has 0 bridgehead atoms. The number of hydrogen-bond acceptors (Lipinski definition) is 7. The standard InChI is InChI=1S/C22H24N2O6S2/c1-15-13-19(23-21(25)18-9-5-11-30-18)31-20(15)22(26)24(2)10-6-12-29-16-7-4-8-17(14-16)32(3,27)28/h4-5,7-9,11,13-14H,6,10,12H2,1-3H3,(H,23,25). The maximum absolute atomic E-state index is 12.8. The Labute approximate surface area is 190 Å². The molecule has 0 spiro atoms. The van der Waals surface area contributed by atoms with Crippen molar-refractivity contribution in [2.24, 2.45) is 0 Å². The number of nitrogens with one attached hydrogen (secondary N) is 1. The van der Waals surface area contributed by atoms with E-state index in [0.29, 0.717) is 35.2 Å². The second-order valence-electron chi connectivity index (χ2n) is 7.23. The van der Waals surface area contributed by atoms with Crippen molar-refractivity contribution in [3.05, 3.63) is 64.9 Å². The molecule has 2 amide bonds. The number of sulfone groups is 1. The monoisotopic (exact) mass is 476 g/mol. The Morgan fingerprint density at radius 1 is 1.19 bits per heavy atom. The summed E-state index contributed by atoms with van der Waals surface area (Å²) >= 11 is 1.21. The molecule has 0 saturated carbocycles. The summed E-state index contributed by atoms with van der Waals surface area (Å²) in [5, 5.41) is 3.30. The van der Waals surface area contributed by atoms with Crippen LogP contribution in [0.3, 0.4) is 0 Å². The molecule has 0 fully saturated rings. The molecule has 3 aromatic rings. The average Bonchev–Trinajstić information content (AvgIpc) is 3.40. The highest BCUT2D eigenvalue weighted by Gasteiger charge is 2.19. The van der Waals surface area contributed by atoms with Crippen molar-refractivity contribution in [1.82, 2.24) is 4.90 Å². The van der Waals surface area contributed by atoms with Crippen LogP contribution in [0.5, 0.6) is 5.75 Å². The number of benzene rings is 1. The average molecular weight is 477 g/mol. The van der Waals surface area contributed by atoms with Crippen LogP contribution in [-0.2, 0) is 9.84 Å². The van der Waals surface area contributed by atoms with Gasteiger partial charge in [0, 0.05) is 19.8 Å². The highest BCUT2D eigenvalue weighted by Crippen LogP contribution is 2.28. The summed E-state index contributed by atoms with van der Waals surface area (Å²) in [5.74, 6) is 0.141. The molecular weight excluding hydrogens is 452 g/mol. The summed E-state index contributed by atoms with van der Waals surface area (Å²) in [7, 11) is -1.60. The molecule has 2 aromatic heterocycles. The third-order valence-corrected chi connectivity index (χ3v) is 6.83. The number of nitrogens with zero attached hydrogens (tertiary/aromatic N) is 1. The van der Waals surface area contributed by atoms with Crippen molar-refractivity contribution in [3.8, 4) is 5.75 Å². The van der Waals surface area contributed by atoms with Crippen LogP contribution in [0.1, 0.15) is 32.2 Å². The van der Waals surface area contributed by atoms with E-state index in [0.717, 1.165) is 11.8 Å². The van der Waals surface area contributed by atoms with Crippen molar-refractivity contribution < 1.29 is 27.2 Å². The second-order valence-corrected chi connectivity index (χ2v) is 10.3. The molecule has 0 saturated heterocycles. The van der Waals surface area contributed by atoms with Crippen LogP contribution >= 0.6 is 11.3 Å². The fourth-order valence-corrected chi connectivity index (χ4v) is 4.62. The van der Waals surface area contributed by atoms with Crippen LogP contribution in [-0.4, -0.2) is 51.6 Å². The Bertz CT molecular complexity index is 1200. The number of ether oxygens (including phenoxy) is 1. The van der Waals surface area contributed by atoms with Gasteiger partial charge < -0.3 is 19.4 Å². The van der Waals surface area contributed by atoms with Crippen LogP contribution in [0.2, 0.25) is 0 Å². The normalized spacial score (nSPS) is 11.2. The molecule has 0 aliphatic carbocycles. The topological polar surface area (TPSA) is 106 Å². The Hall–Kier alpha value is -3.11. The number of thiophene rings is 1. The lowest BCUT2D eigenvalue weighted by Gasteiger charge is -2.17. The number of hydrogen-bond donors (Lipinski definition) is 1. The zero-order valence-electron chi connectivity index (χ0n) is 18.0. The molecule has 0 aliphatic heterocycles. The minimum absolute atomic E-state index is 0.148. The van der Waals surface area contributed by atoms with Gasteiger partial charge in [0.2, 0.25) is 0 Å². The van der Waals surface area contributed by atoms with E-state index in [9.17, 15) is 18.0 Å². The molecule has 32 heavy (non-hydrogen) atoms. The minimum Gasteiger partial charge on any atom is -0.493 e. The van der Waals surface area contributed by atoms with E-state index in [-0.39, 0.29) is 22.5 Å². The molecule has 2 heterocycles. The summed E-state index contributed by atoms with van der Waals surface area (Å²) in [6.07, 6.45) is 3.13. The number of aryl methyl sites for hydroxylation is 1. The maximum atomic E-state index is 12.8. The minimum atomic E-state index is -3.30. The molecule has 3 rings (SSSR count). The van der Waals surface area contributed by atoms with Crippen molar-refractivity contribution in [3.63, 3.8) is 0 Å².